The number of amides is 1. The average Bonchev–Trinajstić information content (AvgIpc) is 2.33. The van der Waals surface area contributed by atoms with Gasteiger partial charge in [-0.1, -0.05) is 47.0 Å². The molecule has 0 aromatic carbocycles. The Balaban J connectivity index is 2.00. The van der Waals surface area contributed by atoms with Crippen LogP contribution in [0.15, 0.2) is 0 Å². The summed E-state index contributed by atoms with van der Waals surface area (Å²) < 4.78 is 0. The third kappa shape index (κ3) is 2.42. The lowest BCUT2D eigenvalue weighted by molar-refractivity contribution is -0.236. The number of rotatable bonds is 2. The molecule has 1 amide bonds. The van der Waals surface area contributed by atoms with Crippen molar-refractivity contribution in [3.63, 3.8) is 0 Å². The van der Waals surface area contributed by atoms with E-state index < -0.39 is 0 Å². The molecule has 0 radical (unpaired) electrons. The van der Waals surface area contributed by atoms with Crippen LogP contribution >= 0.6 is 0 Å². The van der Waals surface area contributed by atoms with Crippen LogP contribution in [0.1, 0.15) is 66.2 Å². The van der Waals surface area contributed by atoms with E-state index in [1.54, 1.807) is 5.06 Å². The summed E-state index contributed by atoms with van der Waals surface area (Å²) in [6.45, 7) is 9.20. The molecular formula is C15H27NO2. The van der Waals surface area contributed by atoms with Crippen molar-refractivity contribution in [2.45, 2.75) is 72.3 Å². The molecule has 0 spiro atoms. The summed E-state index contributed by atoms with van der Waals surface area (Å²) in [7, 11) is 0. The average molecular weight is 253 g/mol. The van der Waals surface area contributed by atoms with Gasteiger partial charge in [0.25, 0.3) is 5.91 Å². The van der Waals surface area contributed by atoms with E-state index in [9.17, 15) is 4.79 Å². The third-order valence-corrected chi connectivity index (χ3v) is 5.22. The molecule has 18 heavy (non-hydrogen) atoms. The van der Waals surface area contributed by atoms with Crippen LogP contribution in [0.5, 0.6) is 0 Å². The fourth-order valence-electron chi connectivity index (χ4n) is 2.85. The van der Waals surface area contributed by atoms with E-state index in [0.29, 0.717) is 0 Å². The van der Waals surface area contributed by atoms with Gasteiger partial charge in [-0.3, -0.25) is 9.63 Å². The van der Waals surface area contributed by atoms with Crippen LogP contribution in [0.4, 0.5) is 0 Å². The Kier molecular flexibility index (Phi) is 3.72. The summed E-state index contributed by atoms with van der Waals surface area (Å²) in [6, 6.07) is 0. The number of hydrogen-bond donors (Lipinski definition) is 0. The van der Waals surface area contributed by atoms with E-state index in [0.717, 1.165) is 25.8 Å². The van der Waals surface area contributed by atoms with E-state index in [1.807, 2.05) is 13.8 Å². The van der Waals surface area contributed by atoms with Gasteiger partial charge >= 0.3 is 0 Å². The lowest BCUT2D eigenvalue weighted by atomic mass is 9.63. The topological polar surface area (TPSA) is 29.5 Å². The normalized spacial score (nSPS) is 28.4. The minimum absolute atomic E-state index is 0.0521. The zero-order valence-electron chi connectivity index (χ0n) is 12.3. The van der Waals surface area contributed by atoms with Crippen LogP contribution in [0.3, 0.4) is 0 Å². The maximum atomic E-state index is 12.5. The fraction of sp³-hybridized carbons (Fsp3) is 0.933. The molecule has 3 heteroatoms. The Morgan fingerprint density at radius 2 is 1.72 bits per heavy atom. The molecule has 1 aliphatic carbocycles. The molecule has 3 nitrogen and oxygen atoms in total. The van der Waals surface area contributed by atoms with Gasteiger partial charge in [0, 0.05) is 6.54 Å². The number of hydrogen-bond acceptors (Lipinski definition) is 2. The van der Waals surface area contributed by atoms with Crippen molar-refractivity contribution in [1.29, 1.82) is 0 Å². The van der Waals surface area contributed by atoms with E-state index in [4.69, 9.17) is 4.84 Å². The summed E-state index contributed by atoms with van der Waals surface area (Å²) >= 11 is 0. The Morgan fingerprint density at radius 3 is 2.33 bits per heavy atom. The molecule has 0 aromatic heterocycles. The first-order valence-electron chi connectivity index (χ1n) is 7.33. The predicted octanol–water partition coefficient (Wildman–Crippen LogP) is 3.54. The van der Waals surface area contributed by atoms with E-state index in [-0.39, 0.29) is 22.8 Å². The minimum atomic E-state index is -0.333. The molecule has 1 saturated heterocycles. The van der Waals surface area contributed by atoms with Crippen molar-refractivity contribution in [2.75, 3.05) is 6.54 Å². The molecule has 0 unspecified atom stereocenters. The Bertz CT molecular complexity index is 316. The molecule has 0 N–H and O–H groups in total. The molecule has 1 heterocycles. The van der Waals surface area contributed by atoms with Gasteiger partial charge in [0.15, 0.2) is 0 Å². The van der Waals surface area contributed by atoms with E-state index in [1.165, 1.54) is 19.3 Å². The molecule has 0 bridgehead atoms. The fourth-order valence-corrected chi connectivity index (χ4v) is 2.85. The highest BCUT2D eigenvalue weighted by Gasteiger charge is 2.49. The maximum absolute atomic E-state index is 12.5. The van der Waals surface area contributed by atoms with Crippen molar-refractivity contribution in [1.82, 2.24) is 5.06 Å². The zero-order valence-corrected chi connectivity index (χ0v) is 12.3. The van der Waals surface area contributed by atoms with Crippen LogP contribution in [0.2, 0.25) is 0 Å². The zero-order chi connectivity index (χ0) is 13.4. The first kappa shape index (κ1) is 13.9. The Morgan fingerprint density at radius 1 is 1.11 bits per heavy atom. The van der Waals surface area contributed by atoms with Crippen molar-refractivity contribution in [3.8, 4) is 0 Å². The van der Waals surface area contributed by atoms with Gasteiger partial charge < -0.3 is 0 Å². The van der Waals surface area contributed by atoms with Gasteiger partial charge in [0.2, 0.25) is 0 Å². The second kappa shape index (κ2) is 4.84. The van der Waals surface area contributed by atoms with Crippen LogP contribution in [0.25, 0.3) is 0 Å². The first-order chi connectivity index (χ1) is 8.34. The highest BCUT2D eigenvalue weighted by Crippen LogP contribution is 2.46. The number of nitrogens with zero attached hydrogens (tertiary/aromatic N) is 1. The van der Waals surface area contributed by atoms with E-state index in [2.05, 4.69) is 13.8 Å². The lowest BCUT2D eigenvalue weighted by Gasteiger charge is -2.48. The monoisotopic (exact) mass is 253 g/mol. The predicted molar refractivity (Wildman–Crippen MR) is 71.9 cm³/mol. The highest BCUT2D eigenvalue weighted by atomic mass is 16.7. The van der Waals surface area contributed by atoms with Gasteiger partial charge in [0.05, 0.1) is 11.5 Å². The molecule has 104 valence electrons. The van der Waals surface area contributed by atoms with E-state index >= 15 is 0 Å². The van der Waals surface area contributed by atoms with Crippen LogP contribution < -0.4 is 0 Å². The molecule has 0 aromatic rings. The summed E-state index contributed by atoms with van der Waals surface area (Å²) in [6.07, 6.45) is 7.27. The molecule has 2 aliphatic rings. The van der Waals surface area contributed by atoms with Crippen molar-refractivity contribution in [3.05, 3.63) is 0 Å². The first-order valence-corrected chi connectivity index (χ1v) is 7.33. The smallest absolute Gasteiger partial charge is 0.252 e. The maximum Gasteiger partial charge on any atom is 0.252 e. The quantitative estimate of drug-likeness (QED) is 0.753. The van der Waals surface area contributed by atoms with Gasteiger partial charge in [-0.25, -0.2) is 5.06 Å². The van der Waals surface area contributed by atoms with Gasteiger partial charge in [-0.2, -0.15) is 0 Å². The van der Waals surface area contributed by atoms with Crippen LogP contribution in [-0.2, 0) is 9.63 Å². The Labute approximate surface area is 111 Å². The SMILES string of the molecule is CC1(C)CCN(OC2CCCCC2)C(=O)C1(C)C. The molecule has 2 rings (SSSR count). The van der Waals surface area contributed by atoms with Crippen LogP contribution in [0, 0.1) is 10.8 Å². The number of piperidine rings is 1. The second-order valence-corrected chi connectivity index (χ2v) is 7.03. The minimum Gasteiger partial charge on any atom is -0.272 e. The lowest BCUT2D eigenvalue weighted by Crippen LogP contribution is -2.55. The number of carbonyl (C=O) groups is 1. The van der Waals surface area contributed by atoms with Gasteiger partial charge in [-0.15, -0.1) is 0 Å². The van der Waals surface area contributed by atoms with Crippen molar-refractivity contribution in [2.24, 2.45) is 10.8 Å². The molecular weight excluding hydrogens is 226 g/mol. The van der Waals surface area contributed by atoms with Crippen molar-refractivity contribution < 1.29 is 9.63 Å². The summed E-state index contributed by atoms with van der Waals surface area (Å²) in [5.74, 6) is 0.157. The summed E-state index contributed by atoms with van der Waals surface area (Å²) in [5, 5.41) is 1.65. The number of hydroxylamine groups is 2. The van der Waals surface area contributed by atoms with Gasteiger partial charge in [0.1, 0.15) is 0 Å². The number of carbonyl (C=O) groups excluding carboxylic acids is 1. The standard InChI is InChI=1S/C15H27NO2/c1-14(2)10-11-16(13(17)15(14,3)4)18-12-8-6-5-7-9-12/h12H,5-11H2,1-4H3. The highest BCUT2D eigenvalue weighted by molar-refractivity contribution is 5.82. The molecule has 0 atom stereocenters. The molecule has 2 fully saturated rings. The largest absolute Gasteiger partial charge is 0.272 e. The second-order valence-electron chi connectivity index (χ2n) is 7.03. The van der Waals surface area contributed by atoms with Crippen LogP contribution in [-0.4, -0.2) is 23.6 Å². The summed E-state index contributed by atoms with van der Waals surface area (Å²) in [5.41, 5.74) is -0.281. The third-order valence-electron chi connectivity index (χ3n) is 5.22. The van der Waals surface area contributed by atoms with Crippen molar-refractivity contribution >= 4 is 5.91 Å². The Hall–Kier alpha value is -0.570. The molecule has 1 aliphatic heterocycles. The van der Waals surface area contributed by atoms with Gasteiger partial charge in [-0.05, 0) is 24.7 Å². The molecule has 1 saturated carbocycles. The summed E-state index contributed by atoms with van der Waals surface area (Å²) in [4.78, 5) is 18.5.